The molecule has 1 N–H and O–H groups in total. The second-order valence-corrected chi connectivity index (χ2v) is 13.7. The van der Waals surface area contributed by atoms with Crippen molar-refractivity contribution in [1.29, 1.82) is 0 Å². The third kappa shape index (κ3) is 14.4. The maximum Gasteiger partial charge on any atom is 0.330 e. The van der Waals surface area contributed by atoms with Gasteiger partial charge in [0.25, 0.3) is 0 Å². The topological polar surface area (TPSA) is 80.7 Å². The molecule has 2 unspecified atom stereocenters. The third-order valence-corrected chi connectivity index (χ3v) is 7.69. The zero-order valence-corrected chi connectivity index (χ0v) is 22.0. The van der Waals surface area contributed by atoms with Crippen molar-refractivity contribution in [2.45, 2.75) is 6.92 Å². The number of halogens is 4. The molecule has 2 aromatic carbocycles. The molecule has 31 heavy (non-hydrogen) atoms. The Bertz CT molecular complexity index is 949. The van der Waals surface area contributed by atoms with E-state index in [9.17, 15) is 22.9 Å². The fourth-order valence-electron chi connectivity index (χ4n) is 1.77. The van der Waals surface area contributed by atoms with E-state index >= 15 is 0 Å². The van der Waals surface area contributed by atoms with Crippen LogP contribution in [0, 0.1) is 11.6 Å². The molecule has 2 rings (SSSR count). The number of carbonyl (C=O) groups excluding carboxylic acids is 2. The highest BCUT2D eigenvalue weighted by molar-refractivity contribution is 9.10. The van der Waals surface area contributed by atoms with E-state index in [2.05, 4.69) is 36.6 Å². The summed E-state index contributed by atoms with van der Waals surface area (Å²) in [5, 5.41) is 0. The van der Waals surface area contributed by atoms with Gasteiger partial charge in [0.2, 0.25) is 7.06 Å². The van der Waals surface area contributed by atoms with E-state index in [4.69, 9.17) is 4.89 Å². The maximum absolute atomic E-state index is 13.1. The monoisotopic (exact) mass is 600 g/mol. The van der Waals surface area contributed by atoms with E-state index in [1.165, 1.54) is 44.1 Å². The van der Waals surface area contributed by atoms with E-state index in [1.54, 1.807) is 18.2 Å². The van der Waals surface area contributed by atoms with Gasteiger partial charge in [0, 0.05) is 27.2 Å². The first-order chi connectivity index (χ1) is 14.4. The van der Waals surface area contributed by atoms with Crippen molar-refractivity contribution in [2.75, 3.05) is 19.9 Å². The van der Waals surface area contributed by atoms with Crippen molar-refractivity contribution >= 4 is 65.5 Å². The molecule has 0 aliphatic rings. The van der Waals surface area contributed by atoms with Gasteiger partial charge >= 0.3 is 5.97 Å². The van der Waals surface area contributed by atoms with Crippen molar-refractivity contribution in [3.05, 3.63) is 74.2 Å². The summed E-state index contributed by atoms with van der Waals surface area (Å²) >= 11 is 6.32. The van der Waals surface area contributed by atoms with Gasteiger partial charge in [-0.15, -0.1) is 0 Å². The Kier molecular flexibility index (Phi) is 14.9. The van der Waals surface area contributed by atoms with E-state index in [-0.39, 0.29) is 19.6 Å². The fourth-order valence-corrected chi connectivity index (χ4v) is 4.87. The summed E-state index contributed by atoms with van der Waals surface area (Å²) < 4.78 is 41.8. The highest BCUT2D eigenvalue weighted by Crippen LogP contribution is 2.56. The van der Waals surface area contributed by atoms with Crippen LogP contribution in [0.2, 0.25) is 0 Å². The van der Waals surface area contributed by atoms with Gasteiger partial charge < -0.3 is 9.63 Å². The first-order valence-electron chi connectivity index (χ1n) is 8.60. The van der Waals surface area contributed by atoms with Gasteiger partial charge in [-0.05, 0) is 56.9 Å². The Morgan fingerprint density at radius 3 is 1.97 bits per heavy atom. The van der Waals surface area contributed by atoms with Crippen molar-refractivity contribution in [2.24, 2.45) is 0 Å². The number of benzene rings is 2. The molecule has 0 aliphatic heterocycles. The Morgan fingerprint density at radius 2 is 1.61 bits per heavy atom. The van der Waals surface area contributed by atoms with Gasteiger partial charge in [-0.25, -0.2) is 13.6 Å². The van der Waals surface area contributed by atoms with E-state index in [0.717, 1.165) is 10.6 Å². The molecular weight excluding hydrogens is 580 g/mol. The maximum atomic E-state index is 13.1. The highest BCUT2D eigenvalue weighted by Gasteiger charge is 2.04. The van der Waals surface area contributed by atoms with Crippen LogP contribution in [-0.2, 0) is 14.1 Å². The average Bonchev–Trinajstić information content (AvgIpc) is 2.70. The van der Waals surface area contributed by atoms with Crippen LogP contribution in [-0.4, -0.2) is 37.1 Å². The highest BCUT2D eigenvalue weighted by atomic mass is 79.9. The summed E-state index contributed by atoms with van der Waals surface area (Å²) in [5.74, 6) is -1.38. The number of ether oxygens (including phenoxy) is 1. The molecule has 5 nitrogen and oxygen atoms in total. The predicted octanol–water partition coefficient (Wildman–Crippen LogP) is 6.68. The number of esters is 1. The minimum atomic E-state index is -2.64. The van der Waals surface area contributed by atoms with Crippen molar-refractivity contribution < 1.29 is 32.6 Å². The molecule has 0 bridgehead atoms. The Morgan fingerprint density at radius 1 is 1.13 bits per heavy atom. The van der Waals surface area contributed by atoms with Crippen LogP contribution >= 0.6 is 47.2 Å². The lowest BCUT2D eigenvalue weighted by Gasteiger charge is -1.98. The van der Waals surface area contributed by atoms with E-state index < -0.39 is 18.8 Å². The molecule has 0 spiro atoms. The second kappa shape index (κ2) is 15.5. The summed E-state index contributed by atoms with van der Waals surface area (Å²) in [5.41, 5.74) is 0.416. The molecule has 0 radical (unpaired) electrons. The van der Waals surface area contributed by atoms with E-state index in [1.807, 2.05) is 6.92 Å². The summed E-state index contributed by atoms with van der Waals surface area (Å²) in [6.07, 6.45) is 3.85. The molecule has 2 atom stereocenters. The van der Waals surface area contributed by atoms with Gasteiger partial charge in [-0.3, -0.25) is 9.36 Å². The van der Waals surface area contributed by atoms with Crippen molar-refractivity contribution in [1.82, 2.24) is 0 Å². The van der Waals surface area contributed by atoms with Gasteiger partial charge in [0.05, 0.1) is 12.7 Å². The smallest absolute Gasteiger partial charge is 0.330 e. The van der Waals surface area contributed by atoms with Crippen molar-refractivity contribution in [3.63, 3.8) is 0 Å². The molecule has 0 aliphatic carbocycles. The molecule has 0 heterocycles. The fraction of sp³-hybridized carbons (Fsp3) is 0.200. The molecule has 170 valence electrons. The Balaban J connectivity index is 0.000000465. The molecule has 0 amide bonds. The predicted molar refractivity (Wildman–Crippen MR) is 129 cm³/mol. The van der Waals surface area contributed by atoms with E-state index in [0.29, 0.717) is 16.3 Å². The quantitative estimate of drug-likeness (QED) is 0.179. The Labute approximate surface area is 198 Å². The lowest BCUT2D eigenvalue weighted by atomic mass is 10.2. The minimum Gasteiger partial charge on any atom is -0.466 e. The lowest BCUT2D eigenvalue weighted by molar-refractivity contribution is -0.134. The standard InChI is InChI=1S/C10H8BrFO2.C7H4BrFO.C3H10O2P2/c1-14-10(13)5-2-7-6-8(11)3-4-9(7)12;8-6-1-2-7(9)5(3-6)4-10;1-3-6-7(2,4)5/h2-6H,1H3;1-4H;6H,3H2,1-2H3,(H,4,5)/b5-2+;;. The first-order valence-corrected chi connectivity index (χ1v) is 14.3. The molecule has 11 heteroatoms. The van der Waals surface area contributed by atoms with Gasteiger partial charge in [-0.2, -0.15) is 0 Å². The van der Waals surface area contributed by atoms with Crippen LogP contribution in [0.4, 0.5) is 8.78 Å². The number of methoxy groups -OCH3 is 1. The molecule has 2 aromatic rings. The summed E-state index contributed by atoms with van der Waals surface area (Å²) in [6.45, 7) is 3.31. The van der Waals surface area contributed by atoms with Crippen LogP contribution in [0.1, 0.15) is 22.8 Å². The van der Waals surface area contributed by atoms with Crippen LogP contribution in [0.25, 0.3) is 6.08 Å². The largest absolute Gasteiger partial charge is 0.466 e. The molecule has 0 fully saturated rings. The van der Waals surface area contributed by atoms with Crippen LogP contribution in [0.3, 0.4) is 0 Å². The summed E-state index contributed by atoms with van der Waals surface area (Å²) in [6, 6.07) is 8.71. The number of hydrogen-bond acceptors (Lipinski definition) is 4. The molecule has 0 saturated heterocycles. The van der Waals surface area contributed by atoms with Gasteiger partial charge in [0.15, 0.2) is 6.29 Å². The van der Waals surface area contributed by atoms with Crippen LogP contribution < -0.4 is 0 Å². The van der Waals surface area contributed by atoms with Gasteiger partial charge in [0.1, 0.15) is 11.6 Å². The van der Waals surface area contributed by atoms with Crippen LogP contribution in [0.15, 0.2) is 51.4 Å². The lowest BCUT2D eigenvalue weighted by Crippen LogP contribution is -1.93. The summed E-state index contributed by atoms with van der Waals surface area (Å²) in [7, 11) is -1.13. The SMILES string of the molecule is CCPP(C)(=O)O.COC(=O)/C=C/c1cc(Br)ccc1F.O=Cc1cc(Br)ccc1F. The Hall–Kier alpha value is -1.24. The number of hydrogen-bond donors (Lipinski definition) is 1. The molecule has 0 aromatic heterocycles. The summed E-state index contributed by atoms with van der Waals surface area (Å²) in [4.78, 5) is 29.4. The third-order valence-electron chi connectivity index (χ3n) is 3.09. The zero-order valence-electron chi connectivity index (χ0n) is 16.9. The van der Waals surface area contributed by atoms with Gasteiger partial charge in [-0.1, -0.05) is 38.8 Å². The zero-order chi connectivity index (χ0) is 24.0. The minimum absolute atomic E-state index is 0.0781. The first kappa shape index (κ1) is 29.8. The molecular formula is C20H22Br2F2O5P2. The average molecular weight is 602 g/mol. The molecule has 0 saturated carbocycles. The second-order valence-electron chi connectivity index (χ2n) is 5.70. The number of aldehydes is 1. The normalized spacial score (nSPS) is 12.4. The van der Waals surface area contributed by atoms with Crippen molar-refractivity contribution in [3.8, 4) is 0 Å². The number of rotatable bonds is 5. The number of carbonyl (C=O) groups is 2. The van der Waals surface area contributed by atoms with Crippen LogP contribution in [0.5, 0.6) is 0 Å².